The van der Waals surface area contributed by atoms with Gasteiger partial charge in [-0.25, -0.2) is 0 Å². The topological polar surface area (TPSA) is 131 Å². The van der Waals surface area contributed by atoms with E-state index in [0.717, 1.165) is 17.5 Å². The fraction of sp³-hybridized carbons (Fsp3) is 0.263. The summed E-state index contributed by atoms with van der Waals surface area (Å²) >= 11 is 0. The smallest absolute Gasteiger partial charge is 0.423 e. The fourth-order valence-corrected chi connectivity index (χ4v) is 2.20. The number of hydrogen-bond donors (Lipinski definition) is 3. The molecule has 0 aromatic heterocycles. The van der Waals surface area contributed by atoms with Crippen molar-refractivity contribution >= 4 is 28.9 Å². The lowest BCUT2D eigenvalue weighted by atomic mass is 10.1. The highest BCUT2D eigenvalue weighted by molar-refractivity contribution is 5.91. The number of ether oxygens (including phenoxy) is 1. The highest BCUT2D eigenvalue weighted by Gasteiger charge is 2.38. The molecule has 0 fully saturated rings. The van der Waals surface area contributed by atoms with Crippen LogP contribution in [0, 0.1) is 10.1 Å². The number of nitro groups is 1. The van der Waals surface area contributed by atoms with Gasteiger partial charge in [-0.05, 0) is 43.3 Å². The first-order chi connectivity index (χ1) is 14.5. The summed E-state index contributed by atoms with van der Waals surface area (Å²) in [6.07, 6.45) is -4.91. The molecule has 9 nitrogen and oxygen atoms in total. The number of halogens is 3. The Hall–Kier alpha value is -3.67. The standard InChI is InChI=1S/C10H13NO2.C9H7F3N2O4/c1-3-13-10-6-4-9(5-7-10)11-8(2)12;10-9(11,12)6-3-5(13-8(16)4-15)1-2-7(6)14(17)18/h4-7H,3H2,1-2H3,(H,11,12);1-3,15H,4H2,(H,13,16). The van der Waals surface area contributed by atoms with Crippen LogP contribution in [0.2, 0.25) is 0 Å². The Kier molecular flexibility index (Phi) is 9.41. The minimum atomic E-state index is -4.91. The molecule has 0 saturated carbocycles. The lowest BCUT2D eigenvalue weighted by molar-refractivity contribution is -0.388. The summed E-state index contributed by atoms with van der Waals surface area (Å²) in [6, 6.07) is 9.30. The molecule has 2 aromatic carbocycles. The van der Waals surface area contributed by atoms with Crippen molar-refractivity contribution < 1.29 is 37.5 Å². The fourth-order valence-electron chi connectivity index (χ4n) is 2.20. The van der Waals surface area contributed by atoms with E-state index in [1.807, 2.05) is 36.5 Å². The van der Waals surface area contributed by atoms with Gasteiger partial charge in [0.25, 0.3) is 5.69 Å². The third-order valence-corrected chi connectivity index (χ3v) is 3.41. The number of nitrogens with one attached hydrogen (secondary N) is 2. The van der Waals surface area contributed by atoms with Gasteiger partial charge >= 0.3 is 6.18 Å². The van der Waals surface area contributed by atoms with Crippen molar-refractivity contribution in [1.82, 2.24) is 0 Å². The number of amides is 2. The van der Waals surface area contributed by atoms with Gasteiger partial charge in [-0.2, -0.15) is 13.2 Å². The molecule has 31 heavy (non-hydrogen) atoms. The molecular formula is C19H20F3N3O6. The molecule has 12 heteroatoms. The molecule has 0 radical (unpaired) electrons. The molecule has 0 aliphatic carbocycles. The third kappa shape index (κ3) is 8.70. The molecule has 2 rings (SSSR count). The molecule has 0 unspecified atom stereocenters. The summed E-state index contributed by atoms with van der Waals surface area (Å²) in [5, 5.41) is 23.5. The molecule has 0 aliphatic rings. The van der Waals surface area contributed by atoms with Crippen molar-refractivity contribution in [3.8, 4) is 5.75 Å². The van der Waals surface area contributed by atoms with Crippen LogP contribution in [0.15, 0.2) is 42.5 Å². The first kappa shape index (κ1) is 25.4. The number of benzene rings is 2. The Morgan fingerprint density at radius 3 is 2.13 bits per heavy atom. The molecule has 0 bridgehead atoms. The zero-order chi connectivity index (χ0) is 23.6. The highest BCUT2D eigenvalue weighted by Crippen LogP contribution is 2.37. The van der Waals surface area contributed by atoms with Gasteiger partial charge in [-0.1, -0.05) is 0 Å². The zero-order valence-electron chi connectivity index (χ0n) is 16.5. The number of alkyl halides is 3. The van der Waals surface area contributed by atoms with Gasteiger partial charge in [-0.15, -0.1) is 0 Å². The first-order valence-electron chi connectivity index (χ1n) is 8.74. The summed E-state index contributed by atoms with van der Waals surface area (Å²) < 4.78 is 42.9. The first-order valence-corrected chi connectivity index (χ1v) is 8.74. The lowest BCUT2D eigenvalue weighted by Gasteiger charge is -2.10. The molecular weight excluding hydrogens is 423 g/mol. The van der Waals surface area contributed by atoms with Crippen LogP contribution in [-0.4, -0.2) is 35.1 Å². The number of carbonyl (C=O) groups is 2. The van der Waals surface area contributed by atoms with E-state index in [9.17, 15) is 32.9 Å². The number of aliphatic hydroxyl groups is 1. The van der Waals surface area contributed by atoms with E-state index in [4.69, 9.17) is 9.84 Å². The van der Waals surface area contributed by atoms with Crippen molar-refractivity contribution in [3.63, 3.8) is 0 Å². The van der Waals surface area contributed by atoms with Gasteiger partial charge in [0.15, 0.2) is 0 Å². The van der Waals surface area contributed by atoms with E-state index in [2.05, 4.69) is 5.32 Å². The Bertz CT molecular complexity index is 917. The van der Waals surface area contributed by atoms with E-state index in [-0.39, 0.29) is 11.6 Å². The quantitative estimate of drug-likeness (QED) is 0.462. The highest BCUT2D eigenvalue weighted by atomic mass is 19.4. The number of nitrogens with zero attached hydrogens (tertiary/aromatic N) is 1. The predicted molar refractivity (Wildman–Crippen MR) is 106 cm³/mol. The van der Waals surface area contributed by atoms with Crippen LogP contribution < -0.4 is 15.4 Å². The van der Waals surface area contributed by atoms with Gasteiger partial charge in [0.2, 0.25) is 11.8 Å². The summed E-state index contributed by atoms with van der Waals surface area (Å²) in [7, 11) is 0. The Labute approximate surface area is 175 Å². The Morgan fingerprint density at radius 2 is 1.68 bits per heavy atom. The summed E-state index contributed by atoms with van der Waals surface area (Å²) in [5.41, 5.74) is -2.07. The normalized spacial score (nSPS) is 10.4. The van der Waals surface area contributed by atoms with Crippen molar-refractivity contribution in [2.24, 2.45) is 0 Å². The molecule has 3 N–H and O–H groups in total. The van der Waals surface area contributed by atoms with Gasteiger partial charge in [0, 0.05) is 24.4 Å². The number of aliphatic hydroxyl groups excluding tert-OH is 1. The maximum absolute atomic E-state index is 12.5. The zero-order valence-corrected chi connectivity index (χ0v) is 16.5. The number of rotatable bonds is 6. The van der Waals surface area contributed by atoms with Gasteiger partial charge in [0.05, 0.1) is 11.5 Å². The molecule has 2 aromatic rings. The minimum Gasteiger partial charge on any atom is -0.494 e. The molecule has 0 aliphatic heterocycles. The SMILES string of the molecule is CCOc1ccc(NC(C)=O)cc1.O=C(CO)Nc1ccc([N+](=O)[O-])c(C(F)(F)F)c1. The molecule has 0 atom stereocenters. The number of hydrogen-bond acceptors (Lipinski definition) is 6. The number of nitro benzene ring substituents is 1. The Morgan fingerprint density at radius 1 is 1.10 bits per heavy atom. The van der Waals surface area contributed by atoms with Crippen molar-refractivity contribution in [2.45, 2.75) is 20.0 Å². The number of carbonyl (C=O) groups excluding carboxylic acids is 2. The third-order valence-electron chi connectivity index (χ3n) is 3.41. The van der Waals surface area contributed by atoms with Crippen LogP contribution in [0.25, 0.3) is 0 Å². The van der Waals surface area contributed by atoms with E-state index in [1.54, 1.807) is 0 Å². The van der Waals surface area contributed by atoms with E-state index >= 15 is 0 Å². The van der Waals surface area contributed by atoms with Crippen molar-refractivity contribution in [3.05, 3.63) is 58.1 Å². The molecule has 0 spiro atoms. The monoisotopic (exact) mass is 443 g/mol. The maximum Gasteiger partial charge on any atom is 0.423 e. The summed E-state index contributed by atoms with van der Waals surface area (Å²) in [6.45, 7) is 3.16. The predicted octanol–water partition coefficient (Wildman–Crippen LogP) is 3.59. The second kappa shape index (κ2) is 11.5. The average molecular weight is 443 g/mol. The van der Waals surface area contributed by atoms with Crippen LogP contribution >= 0.6 is 0 Å². The van der Waals surface area contributed by atoms with Crippen LogP contribution in [0.5, 0.6) is 5.75 Å². The number of anilines is 2. The molecule has 168 valence electrons. The van der Waals surface area contributed by atoms with E-state index in [0.29, 0.717) is 18.7 Å². The molecule has 0 saturated heterocycles. The largest absolute Gasteiger partial charge is 0.494 e. The van der Waals surface area contributed by atoms with Crippen LogP contribution in [0.4, 0.5) is 30.2 Å². The van der Waals surface area contributed by atoms with Gasteiger partial charge < -0.3 is 20.5 Å². The second-order valence-electron chi connectivity index (χ2n) is 5.83. The minimum absolute atomic E-state index is 0.0656. The van der Waals surface area contributed by atoms with Crippen LogP contribution in [0.3, 0.4) is 0 Å². The summed E-state index contributed by atoms with van der Waals surface area (Å²) in [5.74, 6) is -0.169. The van der Waals surface area contributed by atoms with E-state index < -0.39 is 34.9 Å². The second-order valence-corrected chi connectivity index (χ2v) is 5.83. The molecule has 2 amide bonds. The Balaban J connectivity index is 0.000000327. The van der Waals surface area contributed by atoms with Crippen molar-refractivity contribution in [1.29, 1.82) is 0 Å². The molecule has 0 heterocycles. The maximum atomic E-state index is 12.5. The summed E-state index contributed by atoms with van der Waals surface area (Å²) in [4.78, 5) is 30.7. The van der Waals surface area contributed by atoms with Crippen molar-refractivity contribution in [2.75, 3.05) is 23.8 Å². The van der Waals surface area contributed by atoms with E-state index in [1.165, 1.54) is 6.92 Å². The van der Waals surface area contributed by atoms with Gasteiger partial charge in [0.1, 0.15) is 17.9 Å². The van der Waals surface area contributed by atoms with Gasteiger partial charge in [-0.3, -0.25) is 19.7 Å². The van der Waals surface area contributed by atoms with Crippen LogP contribution in [0.1, 0.15) is 19.4 Å². The average Bonchev–Trinajstić information content (AvgIpc) is 2.69. The lowest BCUT2D eigenvalue weighted by Crippen LogP contribution is -2.16. The van der Waals surface area contributed by atoms with Crippen LogP contribution in [-0.2, 0) is 15.8 Å².